The van der Waals surface area contributed by atoms with Gasteiger partial charge in [-0.05, 0) is 32.9 Å². The summed E-state index contributed by atoms with van der Waals surface area (Å²) in [6.07, 6.45) is 3.50. The van der Waals surface area contributed by atoms with Crippen molar-refractivity contribution in [2.45, 2.75) is 32.4 Å². The number of ether oxygens (including phenoxy) is 1. The van der Waals surface area contributed by atoms with Crippen LogP contribution in [-0.4, -0.2) is 27.4 Å². The molecule has 6 nitrogen and oxygen atoms in total. The molecule has 2 rings (SSSR count). The first kappa shape index (κ1) is 14.0. The van der Waals surface area contributed by atoms with Crippen molar-refractivity contribution < 1.29 is 14.3 Å². The Hall–Kier alpha value is -2.37. The van der Waals surface area contributed by atoms with Gasteiger partial charge in [-0.15, -0.1) is 0 Å². The van der Waals surface area contributed by atoms with E-state index in [0.717, 1.165) is 0 Å². The van der Waals surface area contributed by atoms with E-state index in [-0.39, 0.29) is 0 Å². The Kier molecular flexibility index (Phi) is 3.74. The van der Waals surface area contributed by atoms with Crippen molar-refractivity contribution in [2.75, 3.05) is 0 Å². The van der Waals surface area contributed by atoms with Crippen molar-refractivity contribution in [3.8, 4) is 0 Å². The first-order valence-corrected chi connectivity index (χ1v) is 6.27. The van der Waals surface area contributed by atoms with Crippen LogP contribution < -0.4 is 5.32 Å². The Labute approximate surface area is 116 Å². The van der Waals surface area contributed by atoms with Crippen LogP contribution in [-0.2, 0) is 9.53 Å². The van der Waals surface area contributed by atoms with Crippen molar-refractivity contribution in [3.05, 3.63) is 36.3 Å². The molecule has 0 aliphatic carbocycles. The maximum atomic E-state index is 11.7. The topological polar surface area (TPSA) is 72.7 Å². The van der Waals surface area contributed by atoms with E-state index in [1.165, 1.54) is 0 Å². The summed E-state index contributed by atoms with van der Waals surface area (Å²) in [5.41, 5.74) is 0.563. The summed E-state index contributed by atoms with van der Waals surface area (Å²) in [5.74, 6) is 0. The molecule has 1 N–H and O–H groups in total. The number of carbonyl (C=O) groups excluding carboxylic acids is 2. The second-order valence-electron chi connectivity index (χ2n) is 5.39. The molecule has 106 valence electrons. The number of alkyl carbamates (subject to hydrolysis) is 1. The van der Waals surface area contributed by atoms with Crippen LogP contribution in [0.25, 0.3) is 5.65 Å². The highest BCUT2D eigenvalue weighted by Gasteiger charge is 2.21. The highest BCUT2D eigenvalue weighted by atomic mass is 16.6. The number of amides is 1. The second kappa shape index (κ2) is 5.32. The van der Waals surface area contributed by atoms with Gasteiger partial charge in [0, 0.05) is 12.4 Å². The zero-order valence-corrected chi connectivity index (χ0v) is 11.7. The first-order valence-electron chi connectivity index (χ1n) is 6.27. The van der Waals surface area contributed by atoms with Crippen LogP contribution in [0.4, 0.5) is 4.79 Å². The summed E-state index contributed by atoms with van der Waals surface area (Å²) in [6, 6.07) is 4.70. The number of carbonyl (C=O) groups is 2. The lowest BCUT2D eigenvalue weighted by molar-refractivity contribution is -0.109. The highest BCUT2D eigenvalue weighted by molar-refractivity contribution is 5.74. The SMILES string of the molecule is CC(C)(C)OC(=O)NC(C=O)c1cn2ccccc2n1. The molecule has 0 aromatic carbocycles. The molecule has 0 aliphatic rings. The fourth-order valence-corrected chi connectivity index (χ4v) is 1.72. The molecular weight excluding hydrogens is 258 g/mol. The molecule has 1 amide bonds. The van der Waals surface area contributed by atoms with Crippen LogP contribution in [0.1, 0.15) is 32.5 Å². The molecule has 0 saturated carbocycles. The lowest BCUT2D eigenvalue weighted by atomic mass is 10.2. The summed E-state index contributed by atoms with van der Waals surface area (Å²) < 4.78 is 6.90. The van der Waals surface area contributed by atoms with Gasteiger partial charge < -0.3 is 19.2 Å². The van der Waals surface area contributed by atoms with E-state index in [1.807, 2.05) is 24.4 Å². The number of pyridine rings is 1. The van der Waals surface area contributed by atoms with E-state index < -0.39 is 17.7 Å². The number of hydrogen-bond acceptors (Lipinski definition) is 4. The predicted molar refractivity (Wildman–Crippen MR) is 73.4 cm³/mol. The molecule has 1 atom stereocenters. The van der Waals surface area contributed by atoms with E-state index in [4.69, 9.17) is 4.74 Å². The van der Waals surface area contributed by atoms with Gasteiger partial charge in [-0.3, -0.25) is 0 Å². The Morgan fingerprint density at radius 1 is 1.45 bits per heavy atom. The Morgan fingerprint density at radius 3 is 2.80 bits per heavy atom. The highest BCUT2D eigenvalue weighted by Crippen LogP contribution is 2.13. The van der Waals surface area contributed by atoms with Crippen LogP contribution in [0, 0.1) is 0 Å². The number of imidazole rings is 1. The normalized spacial score (nSPS) is 12.9. The summed E-state index contributed by atoms with van der Waals surface area (Å²) in [7, 11) is 0. The van der Waals surface area contributed by atoms with Crippen molar-refractivity contribution in [3.63, 3.8) is 0 Å². The molecule has 0 aliphatic heterocycles. The molecular formula is C14H17N3O3. The molecule has 0 radical (unpaired) electrons. The third kappa shape index (κ3) is 3.34. The van der Waals surface area contributed by atoms with E-state index in [2.05, 4.69) is 10.3 Å². The summed E-state index contributed by atoms with van der Waals surface area (Å²) >= 11 is 0. The van der Waals surface area contributed by atoms with Crippen molar-refractivity contribution in [1.29, 1.82) is 0 Å². The number of fused-ring (bicyclic) bond motifs is 1. The molecule has 20 heavy (non-hydrogen) atoms. The number of hydrogen-bond donors (Lipinski definition) is 1. The van der Waals surface area contributed by atoms with Gasteiger partial charge in [0.2, 0.25) is 0 Å². The third-order valence-corrected chi connectivity index (χ3v) is 2.51. The van der Waals surface area contributed by atoms with Crippen LogP contribution in [0.2, 0.25) is 0 Å². The van der Waals surface area contributed by atoms with Crippen LogP contribution in [0.3, 0.4) is 0 Å². The third-order valence-electron chi connectivity index (χ3n) is 2.51. The summed E-state index contributed by atoms with van der Waals surface area (Å²) in [5, 5.41) is 2.50. The Bertz CT molecular complexity index is 595. The van der Waals surface area contributed by atoms with Gasteiger partial charge in [0.25, 0.3) is 0 Å². The monoisotopic (exact) mass is 275 g/mol. The fraction of sp³-hybridized carbons (Fsp3) is 0.357. The molecule has 2 aromatic rings. The van der Waals surface area contributed by atoms with Crippen LogP contribution in [0.15, 0.2) is 30.6 Å². The molecule has 0 saturated heterocycles. The van der Waals surface area contributed by atoms with Gasteiger partial charge in [-0.2, -0.15) is 0 Å². The van der Waals surface area contributed by atoms with Crippen molar-refractivity contribution >= 4 is 18.0 Å². The fourth-order valence-electron chi connectivity index (χ4n) is 1.72. The number of nitrogens with one attached hydrogen (secondary N) is 1. The lowest BCUT2D eigenvalue weighted by Gasteiger charge is -2.20. The van der Waals surface area contributed by atoms with E-state index >= 15 is 0 Å². The van der Waals surface area contributed by atoms with Gasteiger partial charge in [-0.1, -0.05) is 6.07 Å². The average molecular weight is 275 g/mol. The molecule has 0 bridgehead atoms. The zero-order valence-electron chi connectivity index (χ0n) is 11.7. The van der Waals surface area contributed by atoms with Gasteiger partial charge in [0.15, 0.2) is 0 Å². The minimum absolute atomic E-state index is 0.469. The quantitative estimate of drug-likeness (QED) is 0.871. The molecule has 2 heterocycles. The maximum absolute atomic E-state index is 11.7. The van der Waals surface area contributed by atoms with Crippen LogP contribution in [0.5, 0.6) is 0 Å². The number of aldehydes is 1. The van der Waals surface area contributed by atoms with Crippen molar-refractivity contribution in [2.24, 2.45) is 0 Å². The van der Waals surface area contributed by atoms with Gasteiger partial charge in [0.1, 0.15) is 23.6 Å². The minimum Gasteiger partial charge on any atom is -0.444 e. The summed E-state index contributed by atoms with van der Waals surface area (Å²) in [4.78, 5) is 27.1. The average Bonchev–Trinajstić information content (AvgIpc) is 2.77. The van der Waals surface area contributed by atoms with Gasteiger partial charge in [0.05, 0.1) is 5.69 Å². The summed E-state index contributed by atoms with van der Waals surface area (Å²) in [6.45, 7) is 5.27. The van der Waals surface area contributed by atoms with Crippen LogP contribution >= 0.6 is 0 Å². The number of nitrogens with zero attached hydrogens (tertiary/aromatic N) is 2. The standard InChI is InChI=1S/C14H17N3O3/c1-14(2,3)20-13(19)16-11(9-18)10-8-17-7-5-4-6-12(17)15-10/h4-9,11H,1-3H3,(H,16,19). The molecule has 1 unspecified atom stereocenters. The first-order chi connectivity index (χ1) is 9.39. The maximum Gasteiger partial charge on any atom is 0.408 e. The zero-order chi connectivity index (χ0) is 14.8. The second-order valence-corrected chi connectivity index (χ2v) is 5.39. The molecule has 2 aromatic heterocycles. The van der Waals surface area contributed by atoms with E-state index in [9.17, 15) is 9.59 Å². The van der Waals surface area contributed by atoms with Gasteiger partial charge >= 0.3 is 6.09 Å². The molecule has 6 heteroatoms. The Balaban J connectivity index is 2.15. The Morgan fingerprint density at radius 2 is 2.20 bits per heavy atom. The van der Waals surface area contributed by atoms with Gasteiger partial charge in [-0.25, -0.2) is 9.78 Å². The smallest absolute Gasteiger partial charge is 0.408 e. The molecule has 0 fully saturated rings. The lowest BCUT2D eigenvalue weighted by Crippen LogP contribution is -2.35. The minimum atomic E-state index is -0.829. The number of rotatable bonds is 3. The van der Waals surface area contributed by atoms with E-state index in [1.54, 1.807) is 31.4 Å². The van der Waals surface area contributed by atoms with E-state index in [0.29, 0.717) is 17.6 Å². The van der Waals surface area contributed by atoms with Crippen molar-refractivity contribution in [1.82, 2.24) is 14.7 Å². The number of aromatic nitrogens is 2. The molecule has 0 spiro atoms. The largest absolute Gasteiger partial charge is 0.444 e. The predicted octanol–water partition coefficient (Wildman–Crippen LogP) is 2.10.